The molecule has 1 aliphatic carbocycles. The Hall–Kier alpha value is -0.160. The largest absolute Gasteiger partial charge is 0.367 e. The van der Waals surface area contributed by atoms with Crippen molar-refractivity contribution in [1.29, 1.82) is 0 Å². The summed E-state index contributed by atoms with van der Waals surface area (Å²) in [5.74, 6) is -0.326. The maximum Gasteiger partial charge on any atom is 0.168 e. The molecule has 0 aromatic heterocycles. The Balaban J connectivity index is 1.69. The highest BCUT2D eigenvalue weighted by Crippen LogP contribution is 2.50. The van der Waals surface area contributed by atoms with Gasteiger partial charge in [-0.3, -0.25) is 0 Å². The number of aliphatic hydroxyl groups is 1. The van der Waals surface area contributed by atoms with Gasteiger partial charge in [-0.15, -0.1) is 0 Å². The summed E-state index contributed by atoms with van der Waals surface area (Å²) in [6.45, 7) is 2.12. The third kappa shape index (κ3) is 1.51. The van der Waals surface area contributed by atoms with Crippen LogP contribution in [0.25, 0.3) is 0 Å². The predicted octanol–water partition coefficient (Wildman–Crippen LogP) is 1.03. The van der Waals surface area contributed by atoms with Gasteiger partial charge >= 0.3 is 0 Å². The molecule has 0 aromatic carbocycles. The van der Waals surface area contributed by atoms with Crippen LogP contribution in [0.1, 0.15) is 32.1 Å². The quantitative estimate of drug-likeness (QED) is 0.654. The molecule has 0 amide bonds. The summed E-state index contributed by atoms with van der Waals surface area (Å²) in [5.41, 5.74) is -0.0133. The number of aliphatic hydroxyl groups excluding tert-OH is 1. The molecule has 1 saturated carbocycles. The monoisotopic (exact) mass is 214 g/mol. The number of ether oxygens (including phenoxy) is 3. The Labute approximate surface area is 89.5 Å². The topological polar surface area (TPSA) is 47.9 Å². The highest BCUT2D eigenvalue weighted by Gasteiger charge is 2.51. The van der Waals surface area contributed by atoms with Crippen LogP contribution in [0.5, 0.6) is 0 Å². The van der Waals surface area contributed by atoms with Gasteiger partial charge in [0, 0.05) is 18.3 Å². The van der Waals surface area contributed by atoms with E-state index in [4.69, 9.17) is 14.2 Å². The molecule has 3 fully saturated rings. The predicted molar refractivity (Wildman–Crippen MR) is 52.1 cm³/mol. The van der Waals surface area contributed by atoms with Crippen LogP contribution < -0.4 is 0 Å². The van der Waals surface area contributed by atoms with E-state index < -0.39 is 6.29 Å². The van der Waals surface area contributed by atoms with Crippen LogP contribution in [-0.2, 0) is 14.2 Å². The van der Waals surface area contributed by atoms with Gasteiger partial charge in [0.25, 0.3) is 0 Å². The van der Waals surface area contributed by atoms with Crippen molar-refractivity contribution < 1.29 is 19.3 Å². The first-order chi connectivity index (χ1) is 7.25. The molecule has 3 aliphatic rings. The molecule has 1 N–H and O–H groups in total. The zero-order valence-electron chi connectivity index (χ0n) is 8.91. The molecular weight excluding hydrogens is 196 g/mol. The summed E-state index contributed by atoms with van der Waals surface area (Å²) >= 11 is 0. The average molecular weight is 214 g/mol. The summed E-state index contributed by atoms with van der Waals surface area (Å²) in [6.07, 6.45) is 4.10. The first-order valence-electron chi connectivity index (χ1n) is 5.82. The average Bonchev–Trinajstić information content (AvgIpc) is 2.82. The van der Waals surface area contributed by atoms with Gasteiger partial charge in [-0.2, -0.15) is 0 Å². The Kier molecular flexibility index (Phi) is 2.28. The fourth-order valence-corrected chi connectivity index (χ4v) is 3.09. The van der Waals surface area contributed by atoms with E-state index in [0.29, 0.717) is 19.8 Å². The molecule has 3 rings (SSSR count). The Morgan fingerprint density at radius 3 is 2.07 bits per heavy atom. The second-order valence-corrected chi connectivity index (χ2v) is 4.94. The molecule has 15 heavy (non-hydrogen) atoms. The lowest BCUT2D eigenvalue weighted by Gasteiger charge is -2.42. The number of hydrogen-bond acceptors (Lipinski definition) is 4. The molecule has 86 valence electrons. The number of rotatable bonds is 0. The van der Waals surface area contributed by atoms with Crippen molar-refractivity contribution in [3.63, 3.8) is 0 Å². The Morgan fingerprint density at radius 2 is 1.53 bits per heavy atom. The Morgan fingerprint density at radius 1 is 0.867 bits per heavy atom. The van der Waals surface area contributed by atoms with Gasteiger partial charge in [0.2, 0.25) is 0 Å². The molecule has 0 bridgehead atoms. The van der Waals surface area contributed by atoms with E-state index in [1.54, 1.807) is 0 Å². The van der Waals surface area contributed by atoms with Crippen LogP contribution in [0, 0.1) is 5.41 Å². The van der Waals surface area contributed by atoms with E-state index in [9.17, 15) is 5.11 Å². The lowest BCUT2D eigenvalue weighted by atomic mass is 9.70. The van der Waals surface area contributed by atoms with Gasteiger partial charge in [0.05, 0.1) is 19.8 Å². The fraction of sp³-hybridized carbons (Fsp3) is 1.00. The van der Waals surface area contributed by atoms with Crippen LogP contribution in [0.3, 0.4) is 0 Å². The minimum Gasteiger partial charge on any atom is -0.367 e. The minimum atomic E-state index is -0.573. The molecule has 0 aromatic rings. The third-order valence-electron chi connectivity index (χ3n) is 4.22. The van der Waals surface area contributed by atoms with E-state index in [1.165, 1.54) is 0 Å². The maximum absolute atomic E-state index is 9.83. The van der Waals surface area contributed by atoms with E-state index in [0.717, 1.165) is 32.1 Å². The second-order valence-electron chi connectivity index (χ2n) is 4.94. The summed E-state index contributed by atoms with van der Waals surface area (Å²) in [7, 11) is 0. The fourth-order valence-electron chi connectivity index (χ4n) is 3.09. The van der Waals surface area contributed by atoms with Gasteiger partial charge in [0.15, 0.2) is 12.1 Å². The molecule has 2 aliphatic heterocycles. The summed E-state index contributed by atoms with van der Waals surface area (Å²) < 4.78 is 16.6. The second kappa shape index (κ2) is 3.42. The summed E-state index contributed by atoms with van der Waals surface area (Å²) in [5, 5.41) is 9.83. The highest BCUT2D eigenvalue weighted by molar-refractivity contribution is 4.94. The van der Waals surface area contributed by atoms with Gasteiger partial charge in [0.1, 0.15) is 0 Å². The van der Waals surface area contributed by atoms with Gasteiger partial charge in [-0.25, -0.2) is 0 Å². The molecule has 2 spiro atoms. The van der Waals surface area contributed by atoms with E-state index >= 15 is 0 Å². The zero-order chi connectivity index (χ0) is 10.4. The summed E-state index contributed by atoms with van der Waals surface area (Å²) in [6, 6.07) is 0. The molecule has 4 heteroatoms. The molecule has 0 unspecified atom stereocenters. The van der Waals surface area contributed by atoms with Crippen molar-refractivity contribution in [3.8, 4) is 0 Å². The van der Waals surface area contributed by atoms with Crippen molar-refractivity contribution in [2.75, 3.05) is 19.8 Å². The summed E-state index contributed by atoms with van der Waals surface area (Å²) in [4.78, 5) is 0. The van der Waals surface area contributed by atoms with E-state index in [2.05, 4.69) is 0 Å². The van der Waals surface area contributed by atoms with Crippen molar-refractivity contribution in [2.45, 2.75) is 44.2 Å². The third-order valence-corrected chi connectivity index (χ3v) is 4.22. The molecule has 1 atom stereocenters. The standard InChI is InChI=1S/C11H18O4/c12-9-10(5-6-13-9)1-3-11(4-2-10)14-7-8-15-11/h9,12H,1-8H2/t9-/m1/s1. The van der Waals surface area contributed by atoms with E-state index in [-0.39, 0.29) is 11.2 Å². The van der Waals surface area contributed by atoms with E-state index in [1.807, 2.05) is 0 Å². The molecule has 0 radical (unpaired) electrons. The van der Waals surface area contributed by atoms with Crippen molar-refractivity contribution in [2.24, 2.45) is 5.41 Å². The van der Waals surface area contributed by atoms with Crippen LogP contribution >= 0.6 is 0 Å². The van der Waals surface area contributed by atoms with Crippen LogP contribution in [0.4, 0.5) is 0 Å². The lowest BCUT2D eigenvalue weighted by molar-refractivity contribution is -0.212. The first kappa shape index (κ1) is 10.0. The molecule has 4 nitrogen and oxygen atoms in total. The van der Waals surface area contributed by atoms with Crippen LogP contribution in [0.2, 0.25) is 0 Å². The zero-order valence-corrected chi connectivity index (χ0v) is 8.91. The van der Waals surface area contributed by atoms with Crippen molar-refractivity contribution in [3.05, 3.63) is 0 Å². The van der Waals surface area contributed by atoms with Gasteiger partial charge < -0.3 is 19.3 Å². The van der Waals surface area contributed by atoms with Crippen molar-refractivity contribution in [1.82, 2.24) is 0 Å². The highest BCUT2D eigenvalue weighted by atomic mass is 16.7. The van der Waals surface area contributed by atoms with Gasteiger partial charge in [-0.1, -0.05) is 0 Å². The molecule has 2 saturated heterocycles. The van der Waals surface area contributed by atoms with Gasteiger partial charge in [-0.05, 0) is 19.3 Å². The van der Waals surface area contributed by atoms with Crippen LogP contribution in [-0.4, -0.2) is 37.0 Å². The number of hydrogen-bond donors (Lipinski definition) is 1. The normalized spacial score (nSPS) is 37.8. The molecular formula is C11H18O4. The maximum atomic E-state index is 9.83. The van der Waals surface area contributed by atoms with Crippen molar-refractivity contribution >= 4 is 0 Å². The SMILES string of the molecule is O[C@@H]1OCCC12CCC1(CC2)OCCO1. The first-order valence-corrected chi connectivity index (χ1v) is 5.82. The lowest BCUT2D eigenvalue weighted by Crippen LogP contribution is -2.43. The van der Waals surface area contributed by atoms with Crippen LogP contribution in [0.15, 0.2) is 0 Å². The molecule has 2 heterocycles. The smallest absolute Gasteiger partial charge is 0.168 e. The minimum absolute atomic E-state index is 0.0133. The Bertz CT molecular complexity index is 237.